The van der Waals surface area contributed by atoms with E-state index in [-0.39, 0.29) is 11.1 Å². The van der Waals surface area contributed by atoms with Crippen LogP contribution in [-0.4, -0.2) is 16.1 Å². The smallest absolute Gasteiger partial charge is 0.258 e. The van der Waals surface area contributed by atoms with Gasteiger partial charge in [0.25, 0.3) is 5.69 Å². The van der Waals surface area contributed by atoms with Crippen LogP contribution >= 0.6 is 34.5 Å². The second-order valence-electron chi connectivity index (χ2n) is 7.54. The van der Waals surface area contributed by atoms with Crippen LogP contribution in [0.3, 0.4) is 0 Å². The van der Waals surface area contributed by atoms with Gasteiger partial charge in [0.1, 0.15) is 0 Å². The van der Waals surface area contributed by atoms with Crippen molar-refractivity contribution in [3.63, 3.8) is 0 Å². The lowest BCUT2D eigenvalue weighted by molar-refractivity contribution is -0.384. The van der Waals surface area contributed by atoms with Gasteiger partial charge >= 0.3 is 0 Å². The molecule has 5 nitrogen and oxygen atoms in total. The average molecular weight is 448 g/mol. The number of aromatic nitrogens is 1. The van der Waals surface area contributed by atoms with Crippen LogP contribution in [0.15, 0.2) is 47.5 Å². The quantitative estimate of drug-likeness (QED) is 0.240. The van der Waals surface area contributed by atoms with Crippen molar-refractivity contribution in [2.45, 2.75) is 32.6 Å². The zero-order valence-electron chi connectivity index (χ0n) is 16.1. The van der Waals surface area contributed by atoms with Crippen LogP contribution in [0.25, 0.3) is 0 Å². The molecular formula is C21H19Cl2N3O2S. The molecule has 0 aliphatic carbocycles. The monoisotopic (exact) mass is 447 g/mol. The number of aliphatic imine (C=N–C) groups is 1. The van der Waals surface area contributed by atoms with Crippen molar-refractivity contribution in [1.29, 1.82) is 0 Å². The van der Waals surface area contributed by atoms with E-state index < -0.39 is 4.92 Å². The molecule has 0 aliphatic heterocycles. The second-order valence-corrected chi connectivity index (χ2v) is 9.45. The van der Waals surface area contributed by atoms with Crippen LogP contribution in [0.1, 0.15) is 42.5 Å². The van der Waals surface area contributed by atoms with E-state index >= 15 is 0 Å². The third-order valence-corrected chi connectivity index (χ3v) is 5.72. The zero-order chi connectivity index (χ0) is 21.2. The standard InChI is InChI=1S/C21H19Cl2N3O2S/c1-21(2,3)19-18(10-14-7-8-15(22)11-17(14)23)29-20(25-19)24-12-13-5-4-6-16(9-13)26(27)28/h4-9,11-12H,10H2,1-3H3/b24-12+. The summed E-state index contributed by atoms with van der Waals surface area (Å²) < 4.78 is 0. The molecule has 0 unspecified atom stereocenters. The van der Waals surface area contributed by atoms with E-state index in [0.717, 1.165) is 16.1 Å². The second kappa shape index (κ2) is 8.61. The first kappa shape index (κ1) is 21.4. The Morgan fingerprint density at radius 3 is 2.62 bits per heavy atom. The first-order valence-electron chi connectivity index (χ1n) is 8.86. The zero-order valence-corrected chi connectivity index (χ0v) is 18.5. The van der Waals surface area contributed by atoms with Gasteiger partial charge in [-0.3, -0.25) is 10.1 Å². The van der Waals surface area contributed by atoms with Gasteiger partial charge < -0.3 is 0 Å². The normalized spacial score (nSPS) is 11.9. The van der Waals surface area contributed by atoms with Crippen molar-refractivity contribution in [3.05, 3.63) is 84.3 Å². The Kier molecular flexibility index (Phi) is 6.36. The fraction of sp³-hybridized carbons (Fsp3) is 0.238. The Morgan fingerprint density at radius 1 is 1.21 bits per heavy atom. The Bertz CT molecular complexity index is 1090. The van der Waals surface area contributed by atoms with Crippen molar-refractivity contribution in [2.75, 3.05) is 0 Å². The summed E-state index contributed by atoms with van der Waals surface area (Å²) in [4.78, 5) is 20.8. The summed E-state index contributed by atoms with van der Waals surface area (Å²) in [7, 11) is 0. The number of hydrogen-bond donors (Lipinski definition) is 0. The number of thiazole rings is 1. The van der Waals surface area contributed by atoms with Crippen LogP contribution in [-0.2, 0) is 11.8 Å². The summed E-state index contributed by atoms with van der Waals surface area (Å²) in [6.07, 6.45) is 2.23. The molecule has 0 saturated heterocycles. The number of non-ortho nitro benzene ring substituents is 1. The molecule has 0 N–H and O–H groups in total. The van der Waals surface area contributed by atoms with E-state index in [4.69, 9.17) is 28.2 Å². The number of benzene rings is 2. The van der Waals surface area contributed by atoms with Gasteiger partial charge in [-0.15, -0.1) is 0 Å². The summed E-state index contributed by atoms with van der Waals surface area (Å²) in [6.45, 7) is 6.30. The van der Waals surface area contributed by atoms with Gasteiger partial charge in [-0.2, -0.15) is 0 Å². The fourth-order valence-corrected chi connectivity index (χ4v) is 4.40. The van der Waals surface area contributed by atoms with Crippen LogP contribution in [0, 0.1) is 10.1 Å². The first-order chi connectivity index (χ1) is 13.6. The largest absolute Gasteiger partial charge is 0.270 e. The SMILES string of the molecule is CC(C)(C)c1nc(/N=C/c2cccc([N+](=O)[O-])c2)sc1Cc1ccc(Cl)cc1Cl. The summed E-state index contributed by atoms with van der Waals surface area (Å²) in [5, 5.41) is 12.8. The highest BCUT2D eigenvalue weighted by Gasteiger charge is 2.23. The Morgan fingerprint density at radius 2 is 1.97 bits per heavy atom. The molecule has 0 saturated carbocycles. The highest BCUT2D eigenvalue weighted by Crippen LogP contribution is 2.36. The van der Waals surface area contributed by atoms with Gasteiger partial charge in [0.15, 0.2) is 0 Å². The Balaban J connectivity index is 1.93. The molecular weight excluding hydrogens is 429 g/mol. The van der Waals surface area contributed by atoms with Crippen molar-refractivity contribution in [3.8, 4) is 0 Å². The van der Waals surface area contributed by atoms with Crippen LogP contribution in [0.2, 0.25) is 10.0 Å². The summed E-state index contributed by atoms with van der Waals surface area (Å²) in [5.41, 5.74) is 2.44. The summed E-state index contributed by atoms with van der Waals surface area (Å²) in [6, 6.07) is 11.8. The maximum absolute atomic E-state index is 10.9. The van der Waals surface area contributed by atoms with E-state index in [1.54, 1.807) is 24.4 Å². The van der Waals surface area contributed by atoms with Crippen LogP contribution < -0.4 is 0 Å². The van der Waals surface area contributed by atoms with Crippen molar-refractivity contribution in [2.24, 2.45) is 4.99 Å². The van der Waals surface area contributed by atoms with E-state index in [0.29, 0.717) is 27.2 Å². The minimum Gasteiger partial charge on any atom is -0.258 e. The number of rotatable bonds is 5. The van der Waals surface area contributed by atoms with Gasteiger partial charge in [0.2, 0.25) is 5.13 Å². The number of nitro groups is 1. The third kappa shape index (κ3) is 5.41. The molecule has 0 spiro atoms. The lowest BCUT2D eigenvalue weighted by Crippen LogP contribution is -2.14. The third-order valence-electron chi connectivity index (χ3n) is 4.17. The van der Waals surface area contributed by atoms with E-state index in [9.17, 15) is 10.1 Å². The molecule has 0 amide bonds. The molecule has 150 valence electrons. The van der Waals surface area contributed by atoms with Gasteiger partial charge in [0, 0.05) is 45.1 Å². The van der Waals surface area contributed by atoms with Crippen LogP contribution in [0.5, 0.6) is 0 Å². The average Bonchev–Trinajstić information content (AvgIpc) is 3.06. The molecule has 3 rings (SSSR count). The number of nitrogens with zero attached hydrogens (tertiary/aromatic N) is 3. The first-order valence-corrected chi connectivity index (χ1v) is 10.4. The molecule has 0 fully saturated rings. The Hall–Kier alpha value is -2.28. The molecule has 1 aromatic heterocycles. The minimum absolute atomic E-state index is 0.0292. The highest BCUT2D eigenvalue weighted by molar-refractivity contribution is 7.15. The van der Waals surface area contributed by atoms with Crippen molar-refractivity contribution in [1.82, 2.24) is 4.98 Å². The van der Waals surface area contributed by atoms with Crippen molar-refractivity contribution >= 4 is 51.6 Å². The Labute approximate surface area is 183 Å². The predicted molar refractivity (Wildman–Crippen MR) is 120 cm³/mol. The maximum Gasteiger partial charge on any atom is 0.270 e. The number of nitro benzene ring substituents is 1. The molecule has 3 aromatic rings. The lowest BCUT2D eigenvalue weighted by Gasteiger charge is -2.17. The maximum atomic E-state index is 10.9. The highest BCUT2D eigenvalue weighted by atomic mass is 35.5. The topological polar surface area (TPSA) is 68.4 Å². The fourth-order valence-electron chi connectivity index (χ4n) is 2.79. The van der Waals surface area contributed by atoms with Crippen molar-refractivity contribution < 1.29 is 4.92 Å². The molecule has 0 aliphatic rings. The van der Waals surface area contributed by atoms with E-state index in [2.05, 4.69) is 25.8 Å². The van der Waals surface area contributed by atoms with Gasteiger partial charge in [-0.05, 0) is 23.3 Å². The minimum atomic E-state index is -0.424. The summed E-state index contributed by atoms with van der Waals surface area (Å²) >= 11 is 13.8. The molecule has 0 bridgehead atoms. The molecule has 1 heterocycles. The molecule has 2 aromatic carbocycles. The number of halogens is 2. The lowest BCUT2D eigenvalue weighted by atomic mass is 9.90. The molecule has 29 heavy (non-hydrogen) atoms. The summed E-state index contributed by atoms with van der Waals surface area (Å²) in [5.74, 6) is 0. The molecule has 8 heteroatoms. The predicted octanol–water partition coefficient (Wildman–Crippen LogP) is 7.00. The van der Waals surface area contributed by atoms with Gasteiger partial charge in [-0.25, -0.2) is 9.98 Å². The number of hydrogen-bond acceptors (Lipinski definition) is 5. The van der Waals surface area contributed by atoms with E-state index in [1.165, 1.54) is 23.5 Å². The molecule has 0 atom stereocenters. The van der Waals surface area contributed by atoms with Crippen LogP contribution in [0.4, 0.5) is 10.8 Å². The molecule has 0 radical (unpaired) electrons. The van der Waals surface area contributed by atoms with Gasteiger partial charge in [-0.1, -0.05) is 73.5 Å². The van der Waals surface area contributed by atoms with Gasteiger partial charge in [0.05, 0.1) is 10.6 Å². The van der Waals surface area contributed by atoms with E-state index in [1.807, 2.05) is 12.1 Å².